The van der Waals surface area contributed by atoms with Gasteiger partial charge in [-0.1, -0.05) is 20.3 Å². The van der Waals surface area contributed by atoms with E-state index in [0.29, 0.717) is 25.1 Å². The second-order valence-corrected chi connectivity index (χ2v) is 5.97. The number of hydrogen-bond acceptors (Lipinski definition) is 2. The largest absolute Gasteiger partial charge is 0.362 e. The SMILES string of the molecule is CC(C)C(=O)CCCCCNC(=S)Nc1c(F)cc(F)cc1F.[HH].[HH]. The Balaban J connectivity index is 0. The van der Waals surface area contributed by atoms with Crippen LogP contribution in [0.2, 0.25) is 0 Å². The Hall–Kier alpha value is -1.63. The lowest BCUT2D eigenvalue weighted by atomic mass is 10.0. The number of Topliss-reactive ketones (excluding diaryl/α,β-unsaturated/α-hetero) is 1. The molecule has 0 radical (unpaired) electrons. The summed E-state index contributed by atoms with van der Waals surface area (Å²) in [6.07, 6.45) is 3.00. The van der Waals surface area contributed by atoms with Crippen molar-refractivity contribution in [3.8, 4) is 0 Å². The van der Waals surface area contributed by atoms with E-state index >= 15 is 0 Å². The molecule has 1 aromatic carbocycles. The van der Waals surface area contributed by atoms with Crippen molar-refractivity contribution < 1.29 is 20.8 Å². The van der Waals surface area contributed by atoms with Gasteiger partial charge in [0.05, 0.1) is 0 Å². The van der Waals surface area contributed by atoms with Gasteiger partial charge in [0, 0.05) is 33.9 Å². The fourth-order valence-corrected chi connectivity index (χ4v) is 2.12. The van der Waals surface area contributed by atoms with Crippen molar-refractivity contribution in [2.45, 2.75) is 39.5 Å². The van der Waals surface area contributed by atoms with Gasteiger partial charge in [-0.15, -0.1) is 0 Å². The number of rotatable bonds is 8. The summed E-state index contributed by atoms with van der Waals surface area (Å²) in [7, 11) is 0. The Bertz CT molecular complexity index is 551. The van der Waals surface area contributed by atoms with E-state index in [-0.39, 0.29) is 19.7 Å². The summed E-state index contributed by atoms with van der Waals surface area (Å²) in [6.45, 7) is 4.27. The number of ketones is 1. The van der Waals surface area contributed by atoms with Crippen LogP contribution in [0.3, 0.4) is 0 Å². The second kappa shape index (κ2) is 9.50. The van der Waals surface area contributed by atoms with Gasteiger partial charge in [0.1, 0.15) is 17.3 Å². The maximum atomic E-state index is 13.4. The normalized spacial score (nSPS) is 10.7. The molecule has 0 bridgehead atoms. The van der Waals surface area contributed by atoms with Crippen molar-refractivity contribution in [2.75, 3.05) is 11.9 Å². The zero-order chi connectivity index (χ0) is 17.4. The van der Waals surface area contributed by atoms with Crippen molar-refractivity contribution in [3.63, 3.8) is 0 Å². The molecule has 0 heterocycles. The minimum atomic E-state index is -1.04. The molecule has 0 unspecified atom stereocenters. The number of carbonyl (C=O) groups excluding carboxylic acids is 1. The number of benzene rings is 1. The standard InChI is InChI=1S/C16H21F3N2OS.2H2/c1-10(2)14(22)6-4-3-5-7-20-16(23)21-15-12(18)8-11(17)9-13(15)19;;/h8-10H,3-7H2,1-2H3,(H2,20,21,23);2*1H. The number of anilines is 1. The molecule has 0 aliphatic rings. The average molecular weight is 350 g/mol. The maximum Gasteiger partial charge on any atom is 0.170 e. The second-order valence-electron chi connectivity index (χ2n) is 5.56. The lowest BCUT2D eigenvalue weighted by molar-refractivity contribution is -0.122. The van der Waals surface area contributed by atoms with Crippen molar-refractivity contribution >= 4 is 28.8 Å². The van der Waals surface area contributed by atoms with Gasteiger partial charge < -0.3 is 10.6 Å². The highest BCUT2D eigenvalue weighted by molar-refractivity contribution is 7.80. The summed E-state index contributed by atoms with van der Waals surface area (Å²) in [5.74, 6) is -2.76. The van der Waals surface area contributed by atoms with Gasteiger partial charge >= 0.3 is 0 Å². The van der Waals surface area contributed by atoms with Gasteiger partial charge in [0.25, 0.3) is 0 Å². The fourth-order valence-electron chi connectivity index (χ4n) is 1.91. The van der Waals surface area contributed by atoms with Crippen LogP contribution in [0, 0.1) is 23.4 Å². The van der Waals surface area contributed by atoms with E-state index in [2.05, 4.69) is 10.6 Å². The molecule has 3 nitrogen and oxygen atoms in total. The van der Waals surface area contributed by atoms with Crippen molar-refractivity contribution in [1.82, 2.24) is 5.32 Å². The average Bonchev–Trinajstić information content (AvgIpc) is 2.46. The molecular formula is C16H25F3N2OS. The molecule has 0 aliphatic heterocycles. The Morgan fingerprint density at radius 3 is 2.35 bits per heavy atom. The first-order valence-corrected chi connectivity index (χ1v) is 7.94. The van der Waals surface area contributed by atoms with Crippen LogP contribution in [-0.2, 0) is 4.79 Å². The molecule has 0 aromatic heterocycles. The van der Waals surface area contributed by atoms with Crippen LogP contribution in [0.5, 0.6) is 0 Å². The lowest BCUT2D eigenvalue weighted by Gasteiger charge is -2.12. The number of hydrogen-bond donors (Lipinski definition) is 2. The molecular weight excluding hydrogens is 325 g/mol. The van der Waals surface area contributed by atoms with Crippen molar-refractivity contribution in [2.24, 2.45) is 5.92 Å². The van der Waals surface area contributed by atoms with E-state index in [1.165, 1.54) is 0 Å². The molecule has 23 heavy (non-hydrogen) atoms. The third-order valence-corrected chi connectivity index (χ3v) is 3.52. The number of thiocarbonyl (C=S) groups is 1. The number of carbonyl (C=O) groups is 1. The van der Waals surface area contributed by atoms with Gasteiger partial charge in [-0.25, -0.2) is 13.2 Å². The monoisotopic (exact) mass is 350 g/mol. The van der Waals surface area contributed by atoms with E-state index < -0.39 is 23.1 Å². The Morgan fingerprint density at radius 1 is 1.17 bits per heavy atom. The van der Waals surface area contributed by atoms with Crippen LogP contribution in [0.4, 0.5) is 18.9 Å². The molecule has 0 amide bonds. The van der Waals surface area contributed by atoms with Crippen LogP contribution >= 0.6 is 12.2 Å². The molecule has 1 rings (SSSR count). The quantitative estimate of drug-likeness (QED) is 0.528. The van der Waals surface area contributed by atoms with Crippen LogP contribution in [0.15, 0.2) is 12.1 Å². The van der Waals surface area contributed by atoms with E-state index in [1.54, 1.807) is 0 Å². The molecule has 1 aromatic rings. The first-order valence-electron chi connectivity index (χ1n) is 7.53. The van der Waals surface area contributed by atoms with E-state index in [9.17, 15) is 18.0 Å². The Morgan fingerprint density at radius 2 is 1.78 bits per heavy atom. The van der Waals surface area contributed by atoms with Crippen molar-refractivity contribution in [1.29, 1.82) is 0 Å². The molecule has 132 valence electrons. The van der Waals surface area contributed by atoms with Gasteiger partial charge in [-0.05, 0) is 25.1 Å². The van der Waals surface area contributed by atoms with E-state index in [0.717, 1.165) is 19.3 Å². The predicted octanol–water partition coefficient (Wildman–Crippen LogP) is 4.67. The molecule has 7 heteroatoms. The van der Waals surface area contributed by atoms with E-state index in [4.69, 9.17) is 12.2 Å². The third-order valence-electron chi connectivity index (χ3n) is 3.27. The lowest BCUT2D eigenvalue weighted by Crippen LogP contribution is -2.30. The van der Waals surface area contributed by atoms with Crippen molar-refractivity contribution in [3.05, 3.63) is 29.6 Å². The summed E-state index contributed by atoms with van der Waals surface area (Å²) in [5, 5.41) is 5.26. The molecule has 0 saturated heterocycles. The first-order chi connectivity index (χ1) is 10.8. The summed E-state index contributed by atoms with van der Waals surface area (Å²) < 4.78 is 39.7. The topological polar surface area (TPSA) is 41.1 Å². The smallest absolute Gasteiger partial charge is 0.170 e. The Kier molecular flexibility index (Phi) is 8.02. The first kappa shape index (κ1) is 19.4. The van der Waals surface area contributed by atoms with Crippen LogP contribution in [0.25, 0.3) is 0 Å². The Labute approximate surface area is 142 Å². The van der Waals surface area contributed by atoms with Crippen LogP contribution < -0.4 is 10.6 Å². The highest BCUT2D eigenvalue weighted by Crippen LogP contribution is 2.19. The predicted molar refractivity (Wildman–Crippen MR) is 93.1 cm³/mol. The molecule has 0 atom stereocenters. The van der Waals surface area contributed by atoms with Gasteiger partial charge in [-0.3, -0.25) is 4.79 Å². The molecule has 0 spiro atoms. The number of halogens is 3. The maximum absolute atomic E-state index is 13.4. The van der Waals surface area contributed by atoms with Gasteiger partial charge in [-0.2, -0.15) is 0 Å². The zero-order valence-electron chi connectivity index (χ0n) is 13.2. The highest BCUT2D eigenvalue weighted by atomic mass is 32.1. The zero-order valence-corrected chi connectivity index (χ0v) is 14.0. The summed E-state index contributed by atoms with van der Waals surface area (Å²) >= 11 is 4.94. The van der Waals surface area contributed by atoms with Crippen LogP contribution in [-0.4, -0.2) is 17.4 Å². The molecule has 0 saturated carbocycles. The minimum absolute atomic E-state index is 0. The minimum Gasteiger partial charge on any atom is -0.362 e. The third kappa shape index (κ3) is 6.99. The van der Waals surface area contributed by atoms with Gasteiger partial charge in [0.2, 0.25) is 0 Å². The molecule has 2 N–H and O–H groups in total. The molecule has 0 aliphatic carbocycles. The summed E-state index contributed by atoms with van der Waals surface area (Å²) in [4.78, 5) is 11.4. The van der Waals surface area contributed by atoms with E-state index in [1.807, 2.05) is 13.8 Å². The molecule has 0 fully saturated rings. The van der Waals surface area contributed by atoms with Crippen LogP contribution in [0.1, 0.15) is 42.4 Å². The summed E-state index contributed by atoms with van der Waals surface area (Å²) in [5.41, 5.74) is -0.480. The number of unbranched alkanes of at least 4 members (excludes halogenated alkanes) is 2. The summed E-state index contributed by atoms with van der Waals surface area (Å²) in [6, 6.07) is 1.17. The number of nitrogens with one attached hydrogen (secondary N) is 2. The van der Waals surface area contributed by atoms with Gasteiger partial charge in [0.15, 0.2) is 16.7 Å². The highest BCUT2D eigenvalue weighted by Gasteiger charge is 2.12. The fraction of sp³-hybridized carbons (Fsp3) is 0.500.